The summed E-state index contributed by atoms with van der Waals surface area (Å²) in [5, 5.41) is 21.4. The highest BCUT2D eigenvalue weighted by Crippen LogP contribution is 2.40. The Labute approximate surface area is 174 Å². The van der Waals surface area contributed by atoms with Gasteiger partial charge in [0.15, 0.2) is 14.2 Å². The average molecular weight is 422 g/mol. The van der Waals surface area contributed by atoms with Gasteiger partial charge in [-0.15, -0.1) is 0 Å². The number of oxime groups is 1. The standard InChI is InChI=1S/C21H35N3O4Si/c1-21(2,3)29(4,5)28-18(14-24-12-6-7-17(13-24)20(25)26)15-8-10-16(11-9-15)19(22)23-27/h8-11,17-18,27H,6-7,12-14H2,1-5H3,(H2,22,23)(H,25,26)/t17?,18-/m1/s1. The zero-order chi connectivity index (χ0) is 21.8. The lowest BCUT2D eigenvalue weighted by Crippen LogP contribution is -2.46. The molecule has 1 heterocycles. The Morgan fingerprint density at radius 2 is 1.97 bits per heavy atom. The van der Waals surface area contributed by atoms with E-state index in [1.165, 1.54) is 0 Å². The van der Waals surface area contributed by atoms with Gasteiger partial charge in [-0.05, 0) is 43.1 Å². The molecule has 1 aromatic carbocycles. The summed E-state index contributed by atoms with van der Waals surface area (Å²) in [5.41, 5.74) is 7.34. The minimum Gasteiger partial charge on any atom is -0.481 e. The number of nitrogens with zero attached hydrogens (tertiary/aromatic N) is 2. The monoisotopic (exact) mass is 421 g/mol. The van der Waals surface area contributed by atoms with Crippen molar-refractivity contribution in [2.24, 2.45) is 16.8 Å². The summed E-state index contributed by atoms with van der Waals surface area (Å²) in [5.74, 6) is -0.973. The molecule has 0 radical (unpaired) electrons. The van der Waals surface area contributed by atoms with Gasteiger partial charge in [-0.2, -0.15) is 0 Å². The molecule has 4 N–H and O–H groups in total. The SMILES string of the molecule is CC(C)(C)[Si](C)(C)O[C@H](CN1CCCC(C(=O)O)C1)c1ccc(/C(N)=N/O)cc1. The van der Waals surface area contributed by atoms with E-state index < -0.39 is 14.3 Å². The molecule has 1 aliphatic heterocycles. The van der Waals surface area contributed by atoms with E-state index in [1.54, 1.807) is 0 Å². The van der Waals surface area contributed by atoms with Crippen molar-refractivity contribution in [2.75, 3.05) is 19.6 Å². The van der Waals surface area contributed by atoms with Crippen molar-refractivity contribution in [2.45, 2.75) is 57.8 Å². The molecule has 0 aliphatic carbocycles. The number of hydrogen-bond donors (Lipinski definition) is 3. The number of carboxylic acids is 1. The Morgan fingerprint density at radius 3 is 2.48 bits per heavy atom. The third-order valence-corrected chi connectivity index (χ3v) is 10.7. The quantitative estimate of drug-likeness (QED) is 0.204. The summed E-state index contributed by atoms with van der Waals surface area (Å²) in [6.07, 6.45) is 1.45. The van der Waals surface area contributed by atoms with E-state index in [1.807, 2.05) is 24.3 Å². The van der Waals surface area contributed by atoms with E-state index in [4.69, 9.17) is 15.4 Å². The fourth-order valence-electron chi connectivity index (χ4n) is 3.33. The summed E-state index contributed by atoms with van der Waals surface area (Å²) in [6.45, 7) is 13.1. The first-order valence-electron chi connectivity index (χ1n) is 10.2. The molecule has 2 atom stereocenters. The maximum Gasteiger partial charge on any atom is 0.307 e. The van der Waals surface area contributed by atoms with E-state index in [9.17, 15) is 9.90 Å². The largest absolute Gasteiger partial charge is 0.481 e. The predicted octanol–water partition coefficient (Wildman–Crippen LogP) is 3.64. The van der Waals surface area contributed by atoms with Crippen molar-refractivity contribution < 1.29 is 19.5 Å². The first kappa shape index (κ1) is 23.4. The molecular weight excluding hydrogens is 386 g/mol. The number of benzene rings is 1. The zero-order valence-corrected chi connectivity index (χ0v) is 19.2. The smallest absolute Gasteiger partial charge is 0.307 e. The molecule has 1 unspecified atom stereocenters. The lowest BCUT2D eigenvalue weighted by Gasteiger charge is -2.41. The van der Waals surface area contributed by atoms with Gasteiger partial charge in [0.25, 0.3) is 0 Å². The number of likely N-dealkylation sites (tertiary alicyclic amines) is 1. The van der Waals surface area contributed by atoms with Crippen molar-refractivity contribution in [1.29, 1.82) is 0 Å². The van der Waals surface area contributed by atoms with Gasteiger partial charge in [0.2, 0.25) is 0 Å². The van der Waals surface area contributed by atoms with Crippen molar-refractivity contribution in [1.82, 2.24) is 4.90 Å². The molecule has 0 amide bonds. The number of amidine groups is 1. The minimum atomic E-state index is -2.05. The first-order valence-corrected chi connectivity index (χ1v) is 13.1. The Morgan fingerprint density at radius 1 is 1.34 bits per heavy atom. The van der Waals surface area contributed by atoms with Gasteiger partial charge in [-0.25, -0.2) is 0 Å². The lowest BCUT2D eigenvalue weighted by atomic mass is 9.97. The van der Waals surface area contributed by atoms with Gasteiger partial charge in [0.05, 0.1) is 12.0 Å². The molecule has 0 saturated carbocycles. The summed E-state index contributed by atoms with van der Waals surface area (Å²) < 4.78 is 6.75. The zero-order valence-electron chi connectivity index (χ0n) is 18.2. The molecule has 29 heavy (non-hydrogen) atoms. The molecule has 1 fully saturated rings. The minimum absolute atomic E-state index is 0.0602. The molecule has 1 saturated heterocycles. The molecule has 1 aliphatic rings. The molecule has 7 nitrogen and oxygen atoms in total. The lowest BCUT2D eigenvalue weighted by molar-refractivity contribution is -0.143. The van der Waals surface area contributed by atoms with Crippen molar-refractivity contribution >= 4 is 20.1 Å². The molecule has 0 bridgehead atoms. The average Bonchev–Trinajstić information content (AvgIpc) is 2.66. The van der Waals surface area contributed by atoms with Crippen molar-refractivity contribution in [3.63, 3.8) is 0 Å². The fraction of sp³-hybridized carbons (Fsp3) is 0.619. The van der Waals surface area contributed by atoms with Gasteiger partial charge in [0, 0.05) is 18.7 Å². The van der Waals surface area contributed by atoms with E-state index in [0.717, 1.165) is 24.9 Å². The van der Waals surface area contributed by atoms with Gasteiger partial charge < -0.3 is 20.5 Å². The van der Waals surface area contributed by atoms with Crippen LogP contribution in [0.3, 0.4) is 0 Å². The first-order chi connectivity index (χ1) is 13.4. The second-order valence-electron chi connectivity index (χ2n) is 9.41. The van der Waals surface area contributed by atoms with Crippen LogP contribution in [0.2, 0.25) is 18.1 Å². The van der Waals surface area contributed by atoms with E-state index in [-0.39, 0.29) is 22.9 Å². The maximum atomic E-state index is 11.5. The van der Waals surface area contributed by atoms with Crippen LogP contribution in [0.4, 0.5) is 0 Å². The summed E-state index contributed by atoms with van der Waals surface area (Å²) in [4.78, 5) is 13.7. The van der Waals surface area contributed by atoms with Gasteiger partial charge >= 0.3 is 5.97 Å². The Kier molecular flexibility index (Phi) is 7.48. The number of hydrogen-bond acceptors (Lipinski definition) is 5. The highest BCUT2D eigenvalue weighted by atomic mass is 28.4. The topological polar surface area (TPSA) is 108 Å². The Hall–Kier alpha value is -1.90. The molecule has 1 aromatic rings. The summed E-state index contributed by atoms with van der Waals surface area (Å²) >= 11 is 0. The second-order valence-corrected chi connectivity index (χ2v) is 14.2. The van der Waals surface area contributed by atoms with Gasteiger partial charge in [-0.1, -0.05) is 50.2 Å². The second kappa shape index (κ2) is 9.28. The van der Waals surface area contributed by atoms with Crippen LogP contribution in [0.15, 0.2) is 29.4 Å². The van der Waals surface area contributed by atoms with E-state index >= 15 is 0 Å². The summed E-state index contributed by atoms with van der Waals surface area (Å²) in [7, 11) is -2.05. The molecule has 162 valence electrons. The van der Waals surface area contributed by atoms with E-state index in [0.29, 0.717) is 18.7 Å². The number of nitrogens with two attached hydrogens (primary N) is 1. The van der Waals surface area contributed by atoms with Crippen molar-refractivity contribution in [3.05, 3.63) is 35.4 Å². The molecular formula is C21H35N3O4Si. The third-order valence-electron chi connectivity index (χ3n) is 6.21. The van der Waals surface area contributed by atoms with Crippen LogP contribution in [-0.2, 0) is 9.22 Å². The number of piperidine rings is 1. The number of carboxylic acid groups (broad SMARTS) is 1. The molecule has 8 heteroatoms. The highest BCUT2D eigenvalue weighted by Gasteiger charge is 2.40. The third kappa shape index (κ3) is 6.04. The Bertz CT molecular complexity index is 728. The van der Waals surface area contributed by atoms with Crippen LogP contribution in [0.25, 0.3) is 0 Å². The summed E-state index contributed by atoms with van der Waals surface area (Å²) in [6, 6.07) is 7.54. The normalized spacial score (nSPS) is 20.4. The van der Waals surface area contributed by atoms with Crippen LogP contribution in [0.5, 0.6) is 0 Å². The maximum absolute atomic E-state index is 11.5. The van der Waals surface area contributed by atoms with Crippen LogP contribution in [-0.4, -0.2) is 55.0 Å². The van der Waals surface area contributed by atoms with Crippen molar-refractivity contribution in [3.8, 4) is 0 Å². The van der Waals surface area contributed by atoms with Crippen LogP contribution < -0.4 is 5.73 Å². The predicted molar refractivity (Wildman–Crippen MR) is 117 cm³/mol. The Balaban J connectivity index is 2.27. The number of aliphatic carboxylic acids is 1. The van der Waals surface area contributed by atoms with Gasteiger partial charge in [0.1, 0.15) is 0 Å². The molecule has 2 rings (SSSR count). The number of rotatable bonds is 7. The van der Waals surface area contributed by atoms with Crippen LogP contribution in [0, 0.1) is 5.92 Å². The van der Waals surface area contributed by atoms with Crippen LogP contribution >= 0.6 is 0 Å². The van der Waals surface area contributed by atoms with Crippen LogP contribution in [0.1, 0.15) is 50.8 Å². The number of carbonyl (C=O) groups is 1. The highest BCUT2D eigenvalue weighted by molar-refractivity contribution is 6.74. The van der Waals surface area contributed by atoms with Gasteiger partial charge in [-0.3, -0.25) is 9.69 Å². The van der Waals surface area contributed by atoms with E-state index in [2.05, 4.69) is 43.9 Å². The fourth-order valence-corrected chi connectivity index (χ4v) is 4.60. The molecule has 0 aromatic heterocycles. The molecule has 0 spiro atoms.